The zero-order valence-corrected chi connectivity index (χ0v) is 14.2. The molecule has 2 heterocycles. The van der Waals surface area contributed by atoms with Gasteiger partial charge < -0.3 is 10.3 Å². The van der Waals surface area contributed by atoms with Gasteiger partial charge in [0, 0.05) is 34.2 Å². The maximum Gasteiger partial charge on any atom is 0.220 e. The second-order valence-corrected chi connectivity index (χ2v) is 7.29. The van der Waals surface area contributed by atoms with Crippen molar-refractivity contribution < 1.29 is 4.79 Å². The van der Waals surface area contributed by atoms with Gasteiger partial charge in [0.1, 0.15) is 0 Å². The number of nitrogens with one attached hydrogen (secondary N) is 2. The maximum atomic E-state index is 12.4. The van der Waals surface area contributed by atoms with Gasteiger partial charge in [-0.15, -0.1) is 11.8 Å². The Morgan fingerprint density at radius 3 is 2.96 bits per heavy atom. The van der Waals surface area contributed by atoms with Gasteiger partial charge in [0.25, 0.3) is 0 Å². The molecule has 1 aliphatic rings. The Kier molecular flexibility index (Phi) is 4.30. The van der Waals surface area contributed by atoms with Crippen LogP contribution in [0.15, 0.2) is 59.6 Å². The van der Waals surface area contributed by atoms with Crippen LogP contribution >= 0.6 is 11.8 Å². The predicted molar refractivity (Wildman–Crippen MR) is 99.3 cm³/mol. The number of hydrogen-bond acceptors (Lipinski definition) is 2. The first kappa shape index (κ1) is 15.3. The molecule has 0 aliphatic carbocycles. The molecule has 2 N–H and O–H groups in total. The van der Waals surface area contributed by atoms with Crippen LogP contribution in [-0.2, 0) is 11.2 Å². The summed E-state index contributed by atoms with van der Waals surface area (Å²) in [7, 11) is 0. The Balaban J connectivity index is 1.41. The number of carbonyl (C=O) groups excluding carboxylic acids is 1. The summed E-state index contributed by atoms with van der Waals surface area (Å²) in [6, 6.07) is 16.8. The van der Waals surface area contributed by atoms with Crippen LogP contribution in [0.5, 0.6) is 0 Å². The lowest BCUT2D eigenvalue weighted by atomic mass is 10.0. The van der Waals surface area contributed by atoms with Gasteiger partial charge in [-0.05, 0) is 36.1 Å². The van der Waals surface area contributed by atoms with E-state index in [1.165, 1.54) is 21.4 Å². The van der Waals surface area contributed by atoms with Crippen molar-refractivity contribution in [1.29, 1.82) is 0 Å². The van der Waals surface area contributed by atoms with Crippen LogP contribution in [0.3, 0.4) is 0 Å². The summed E-state index contributed by atoms with van der Waals surface area (Å²) in [5.41, 5.74) is 3.60. The average Bonchev–Trinajstić information content (AvgIpc) is 3.04. The van der Waals surface area contributed by atoms with Gasteiger partial charge >= 0.3 is 0 Å². The van der Waals surface area contributed by atoms with Crippen molar-refractivity contribution in [1.82, 2.24) is 10.3 Å². The molecule has 0 spiro atoms. The first-order valence-corrected chi connectivity index (χ1v) is 9.36. The SMILES string of the molecule is O=C(CCc1c[nH]c2ccccc12)N[C@@H]1CCSc2ccccc21. The van der Waals surface area contributed by atoms with E-state index in [1.807, 2.05) is 30.1 Å². The molecule has 1 aliphatic heterocycles. The minimum absolute atomic E-state index is 0.131. The number of thioether (sulfide) groups is 1. The largest absolute Gasteiger partial charge is 0.361 e. The first-order valence-electron chi connectivity index (χ1n) is 8.37. The lowest BCUT2D eigenvalue weighted by Gasteiger charge is -2.25. The lowest BCUT2D eigenvalue weighted by Crippen LogP contribution is -2.30. The summed E-state index contributed by atoms with van der Waals surface area (Å²) in [6.45, 7) is 0. The molecule has 0 bridgehead atoms. The van der Waals surface area contributed by atoms with Gasteiger partial charge in [-0.25, -0.2) is 0 Å². The molecule has 0 radical (unpaired) electrons. The standard InChI is InChI=1S/C20H20N2OS/c23-20(10-9-14-13-21-17-7-3-1-5-15(14)17)22-18-11-12-24-19-8-4-2-6-16(18)19/h1-8,13,18,21H,9-12H2,(H,22,23)/t18-/m1/s1. The van der Waals surface area contributed by atoms with Gasteiger partial charge in [0.15, 0.2) is 0 Å². The summed E-state index contributed by atoms with van der Waals surface area (Å²) in [5.74, 6) is 1.19. The number of aromatic amines is 1. The summed E-state index contributed by atoms with van der Waals surface area (Å²) < 4.78 is 0. The van der Waals surface area contributed by atoms with Crippen LogP contribution in [-0.4, -0.2) is 16.6 Å². The second kappa shape index (κ2) is 6.73. The van der Waals surface area contributed by atoms with Gasteiger partial charge in [0.2, 0.25) is 5.91 Å². The number of rotatable bonds is 4. The fraction of sp³-hybridized carbons (Fsp3) is 0.250. The Morgan fingerprint density at radius 1 is 1.17 bits per heavy atom. The number of para-hydroxylation sites is 1. The molecule has 122 valence electrons. The zero-order valence-electron chi connectivity index (χ0n) is 13.4. The highest BCUT2D eigenvalue weighted by molar-refractivity contribution is 7.99. The molecule has 2 aromatic carbocycles. The topological polar surface area (TPSA) is 44.9 Å². The summed E-state index contributed by atoms with van der Waals surface area (Å²) >= 11 is 1.88. The van der Waals surface area contributed by atoms with E-state index in [0.29, 0.717) is 6.42 Å². The molecule has 0 saturated carbocycles. The molecule has 1 amide bonds. The monoisotopic (exact) mass is 336 g/mol. The van der Waals surface area contributed by atoms with Gasteiger partial charge in [-0.3, -0.25) is 4.79 Å². The van der Waals surface area contributed by atoms with E-state index in [0.717, 1.165) is 24.1 Å². The molecule has 0 unspecified atom stereocenters. The minimum Gasteiger partial charge on any atom is -0.361 e. The second-order valence-electron chi connectivity index (χ2n) is 6.15. The van der Waals surface area contributed by atoms with Crippen molar-refractivity contribution >= 4 is 28.6 Å². The molecule has 24 heavy (non-hydrogen) atoms. The first-order chi connectivity index (χ1) is 11.8. The Bertz CT molecular complexity index is 871. The van der Waals surface area contributed by atoms with Crippen molar-refractivity contribution in [3.8, 4) is 0 Å². The van der Waals surface area contributed by atoms with Gasteiger partial charge in [0.05, 0.1) is 6.04 Å². The molecule has 1 aromatic heterocycles. The molecule has 3 nitrogen and oxygen atoms in total. The highest BCUT2D eigenvalue weighted by atomic mass is 32.2. The number of aryl methyl sites for hydroxylation is 1. The molecular weight excluding hydrogens is 316 g/mol. The van der Waals surface area contributed by atoms with Crippen molar-refractivity contribution in [3.63, 3.8) is 0 Å². The molecule has 3 aromatic rings. The number of benzene rings is 2. The molecule has 1 atom stereocenters. The van der Waals surface area contributed by atoms with Crippen LogP contribution < -0.4 is 5.32 Å². The highest BCUT2D eigenvalue weighted by Crippen LogP contribution is 2.35. The number of aromatic nitrogens is 1. The van der Waals surface area contributed by atoms with Crippen LogP contribution in [0.25, 0.3) is 10.9 Å². The van der Waals surface area contributed by atoms with Crippen molar-refractivity contribution in [3.05, 3.63) is 65.9 Å². The Labute approximate surface area is 145 Å². The van der Waals surface area contributed by atoms with Gasteiger partial charge in [-0.2, -0.15) is 0 Å². The third-order valence-corrected chi connectivity index (χ3v) is 5.71. The Morgan fingerprint density at radius 2 is 2.00 bits per heavy atom. The van der Waals surface area contributed by atoms with E-state index >= 15 is 0 Å². The summed E-state index contributed by atoms with van der Waals surface area (Å²) in [5, 5.41) is 4.44. The normalized spacial score (nSPS) is 16.8. The fourth-order valence-electron chi connectivity index (χ4n) is 3.35. The smallest absolute Gasteiger partial charge is 0.220 e. The van der Waals surface area contributed by atoms with Gasteiger partial charge in [-0.1, -0.05) is 36.4 Å². The number of amides is 1. The fourth-order valence-corrected chi connectivity index (χ4v) is 4.47. The van der Waals surface area contributed by atoms with Crippen molar-refractivity contribution in [2.75, 3.05) is 5.75 Å². The van der Waals surface area contributed by atoms with E-state index < -0.39 is 0 Å². The van der Waals surface area contributed by atoms with E-state index in [9.17, 15) is 4.79 Å². The quantitative estimate of drug-likeness (QED) is 0.739. The third-order valence-electron chi connectivity index (χ3n) is 4.59. The predicted octanol–water partition coefficient (Wildman–Crippen LogP) is 4.45. The number of fused-ring (bicyclic) bond motifs is 2. The number of hydrogen-bond donors (Lipinski definition) is 2. The zero-order chi connectivity index (χ0) is 16.4. The third kappa shape index (κ3) is 3.06. The van der Waals surface area contributed by atoms with Crippen molar-refractivity contribution in [2.24, 2.45) is 0 Å². The minimum atomic E-state index is 0.131. The summed E-state index contributed by atoms with van der Waals surface area (Å²) in [6.07, 6.45) is 4.30. The van der Waals surface area contributed by atoms with Crippen LogP contribution in [0.4, 0.5) is 0 Å². The van der Waals surface area contributed by atoms with Crippen molar-refractivity contribution in [2.45, 2.75) is 30.2 Å². The number of carbonyl (C=O) groups is 1. The number of H-pyrrole nitrogens is 1. The molecule has 4 rings (SSSR count). The Hall–Kier alpha value is -2.20. The van der Waals surface area contributed by atoms with E-state index in [1.54, 1.807) is 0 Å². The molecular formula is C20H20N2OS. The van der Waals surface area contributed by atoms with E-state index in [-0.39, 0.29) is 11.9 Å². The van der Waals surface area contributed by atoms with E-state index in [2.05, 4.69) is 46.7 Å². The molecule has 4 heteroatoms. The van der Waals surface area contributed by atoms with Crippen LogP contribution in [0.2, 0.25) is 0 Å². The lowest BCUT2D eigenvalue weighted by molar-refractivity contribution is -0.121. The molecule has 0 saturated heterocycles. The van der Waals surface area contributed by atoms with E-state index in [4.69, 9.17) is 0 Å². The average molecular weight is 336 g/mol. The summed E-state index contributed by atoms with van der Waals surface area (Å²) in [4.78, 5) is 17.0. The molecule has 0 fully saturated rings. The van der Waals surface area contributed by atoms with Crippen LogP contribution in [0, 0.1) is 0 Å². The van der Waals surface area contributed by atoms with Crippen LogP contribution in [0.1, 0.15) is 30.0 Å². The maximum absolute atomic E-state index is 12.4. The highest BCUT2D eigenvalue weighted by Gasteiger charge is 2.21.